The predicted molar refractivity (Wildman–Crippen MR) is 89.5 cm³/mol. The number of furan rings is 1. The molecule has 0 aliphatic heterocycles. The lowest BCUT2D eigenvalue weighted by molar-refractivity contribution is 0.0771. The van der Waals surface area contributed by atoms with E-state index in [2.05, 4.69) is 15.9 Å². The van der Waals surface area contributed by atoms with Crippen LogP contribution in [0.5, 0.6) is 5.75 Å². The van der Waals surface area contributed by atoms with E-state index >= 15 is 0 Å². The first-order valence-electron chi connectivity index (χ1n) is 7.10. The number of carbonyl (C=O) groups is 1. The molecule has 1 heterocycles. The fourth-order valence-electron chi connectivity index (χ4n) is 2.23. The van der Waals surface area contributed by atoms with Crippen molar-refractivity contribution < 1.29 is 13.9 Å². The molecule has 0 saturated carbocycles. The Hall–Kier alpha value is -1.75. The number of rotatable bonds is 5. The number of ether oxygens (including phenoxy) is 1. The molecule has 0 aliphatic carbocycles. The zero-order valence-electron chi connectivity index (χ0n) is 13.3. The molecule has 1 aromatic carbocycles. The Morgan fingerprint density at radius 3 is 2.36 bits per heavy atom. The average molecular weight is 366 g/mol. The Kier molecular flexibility index (Phi) is 5.29. The Bertz CT molecular complexity index is 661. The summed E-state index contributed by atoms with van der Waals surface area (Å²) < 4.78 is 12.2. The summed E-state index contributed by atoms with van der Waals surface area (Å²) in [6.07, 6.45) is 0. The molecule has 0 spiro atoms. The molecule has 5 heteroatoms. The SMILES string of the molecule is Cc1oc(C)c(C(=O)N(C)CCOc2ccc(Br)cc2)c1C. The fraction of sp³-hybridized carbons (Fsp3) is 0.353. The highest BCUT2D eigenvalue weighted by Crippen LogP contribution is 2.22. The molecule has 118 valence electrons. The summed E-state index contributed by atoms with van der Waals surface area (Å²) in [5.41, 5.74) is 1.56. The van der Waals surface area contributed by atoms with Gasteiger partial charge in [0.15, 0.2) is 0 Å². The summed E-state index contributed by atoms with van der Waals surface area (Å²) in [5.74, 6) is 2.21. The Labute approximate surface area is 139 Å². The summed E-state index contributed by atoms with van der Waals surface area (Å²) >= 11 is 3.38. The molecule has 0 fully saturated rings. The second kappa shape index (κ2) is 7.01. The zero-order chi connectivity index (χ0) is 16.3. The van der Waals surface area contributed by atoms with Crippen molar-refractivity contribution in [3.8, 4) is 5.75 Å². The highest BCUT2D eigenvalue weighted by molar-refractivity contribution is 9.10. The minimum atomic E-state index is -0.0359. The molecule has 0 N–H and O–H groups in total. The minimum Gasteiger partial charge on any atom is -0.492 e. The van der Waals surface area contributed by atoms with Crippen molar-refractivity contribution in [2.24, 2.45) is 0 Å². The van der Waals surface area contributed by atoms with Crippen molar-refractivity contribution in [2.75, 3.05) is 20.2 Å². The highest BCUT2D eigenvalue weighted by atomic mass is 79.9. The first-order chi connectivity index (χ1) is 10.4. The minimum absolute atomic E-state index is 0.0359. The van der Waals surface area contributed by atoms with Gasteiger partial charge in [0, 0.05) is 17.1 Å². The van der Waals surface area contributed by atoms with E-state index in [1.807, 2.05) is 45.0 Å². The third-order valence-corrected chi connectivity index (χ3v) is 4.16. The molecule has 0 saturated heterocycles. The number of halogens is 1. The van der Waals surface area contributed by atoms with Gasteiger partial charge >= 0.3 is 0 Å². The molecule has 1 aromatic heterocycles. The van der Waals surface area contributed by atoms with Gasteiger partial charge in [-0.05, 0) is 45.0 Å². The predicted octanol–water partition coefficient (Wildman–Crippen LogP) is 4.12. The van der Waals surface area contributed by atoms with Crippen molar-refractivity contribution in [1.29, 1.82) is 0 Å². The molecule has 22 heavy (non-hydrogen) atoms. The van der Waals surface area contributed by atoms with E-state index in [0.717, 1.165) is 21.5 Å². The second-order valence-electron chi connectivity index (χ2n) is 5.24. The molecule has 0 atom stereocenters. The van der Waals surface area contributed by atoms with Crippen molar-refractivity contribution in [1.82, 2.24) is 4.90 Å². The lowest BCUT2D eigenvalue weighted by Gasteiger charge is -2.17. The van der Waals surface area contributed by atoms with Gasteiger partial charge in [0.1, 0.15) is 23.9 Å². The lowest BCUT2D eigenvalue weighted by Crippen LogP contribution is -2.31. The van der Waals surface area contributed by atoms with E-state index in [-0.39, 0.29) is 5.91 Å². The van der Waals surface area contributed by atoms with Crippen LogP contribution in [0, 0.1) is 20.8 Å². The zero-order valence-corrected chi connectivity index (χ0v) is 14.9. The number of amides is 1. The number of hydrogen-bond donors (Lipinski definition) is 0. The quantitative estimate of drug-likeness (QED) is 0.800. The maximum absolute atomic E-state index is 12.5. The lowest BCUT2D eigenvalue weighted by atomic mass is 10.1. The molecule has 0 unspecified atom stereocenters. The standard InChI is InChI=1S/C17H20BrNO3/c1-11-12(2)22-13(3)16(11)17(20)19(4)9-10-21-15-7-5-14(18)6-8-15/h5-8H,9-10H2,1-4H3. The van der Waals surface area contributed by atoms with Crippen LogP contribution in [0.2, 0.25) is 0 Å². The van der Waals surface area contributed by atoms with Crippen molar-refractivity contribution in [3.05, 3.63) is 51.4 Å². The van der Waals surface area contributed by atoms with Gasteiger partial charge in [-0.1, -0.05) is 15.9 Å². The van der Waals surface area contributed by atoms with Crippen molar-refractivity contribution in [3.63, 3.8) is 0 Å². The molecular formula is C17H20BrNO3. The van der Waals surface area contributed by atoms with E-state index in [0.29, 0.717) is 24.5 Å². The number of hydrogen-bond acceptors (Lipinski definition) is 3. The number of benzene rings is 1. The summed E-state index contributed by atoms with van der Waals surface area (Å²) in [4.78, 5) is 14.1. The van der Waals surface area contributed by atoms with Crippen LogP contribution in [0.3, 0.4) is 0 Å². The summed E-state index contributed by atoms with van der Waals surface area (Å²) in [5, 5.41) is 0. The first kappa shape index (κ1) is 16.6. The molecule has 0 bridgehead atoms. The number of nitrogens with zero attached hydrogens (tertiary/aromatic N) is 1. The number of aryl methyl sites for hydroxylation is 2. The van der Waals surface area contributed by atoms with Crippen molar-refractivity contribution in [2.45, 2.75) is 20.8 Å². The molecule has 1 amide bonds. The number of likely N-dealkylation sites (N-methyl/N-ethyl adjacent to an activating group) is 1. The van der Waals surface area contributed by atoms with Gasteiger partial charge in [-0.2, -0.15) is 0 Å². The Morgan fingerprint density at radius 1 is 1.18 bits per heavy atom. The van der Waals surface area contributed by atoms with Gasteiger partial charge < -0.3 is 14.1 Å². The van der Waals surface area contributed by atoms with E-state index in [1.54, 1.807) is 11.9 Å². The Balaban J connectivity index is 1.93. The largest absolute Gasteiger partial charge is 0.492 e. The molecule has 0 aliphatic rings. The number of carbonyl (C=O) groups excluding carboxylic acids is 1. The fourth-order valence-corrected chi connectivity index (χ4v) is 2.50. The molecule has 4 nitrogen and oxygen atoms in total. The molecular weight excluding hydrogens is 346 g/mol. The maximum atomic E-state index is 12.5. The van der Waals surface area contributed by atoms with Gasteiger partial charge in [0.25, 0.3) is 5.91 Å². The van der Waals surface area contributed by atoms with Crippen molar-refractivity contribution >= 4 is 21.8 Å². The second-order valence-corrected chi connectivity index (χ2v) is 6.16. The molecule has 2 aromatic rings. The summed E-state index contributed by atoms with van der Waals surface area (Å²) in [6, 6.07) is 7.62. The van der Waals surface area contributed by atoms with E-state index < -0.39 is 0 Å². The molecule has 2 rings (SSSR count). The van der Waals surface area contributed by atoms with Crippen LogP contribution in [-0.4, -0.2) is 31.0 Å². The van der Waals surface area contributed by atoms with Crippen LogP contribution in [0.1, 0.15) is 27.4 Å². The first-order valence-corrected chi connectivity index (χ1v) is 7.90. The third kappa shape index (κ3) is 3.71. The summed E-state index contributed by atoms with van der Waals surface area (Å²) in [7, 11) is 1.77. The summed E-state index contributed by atoms with van der Waals surface area (Å²) in [6.45, 7) is 6.55. The topological polar surface area (TPSA) is 42.7 Å². The normalized spacial score (nSPS) is 10.6. The van der Waals surface area contributed by atoms with Crippen LogP contribution < -0.4 is 4.74 Å². The van der Waals surface area contributed by atoms with Crippen LogP contribution >= 0.6 is 15.9 Å². The van der Waals surface area contributed by atoms with Gasteiger partial charge in [0.05, 0.1) is 12.1 Å². The van der Waals surface area contributed by atoms with E-state index in [4.69, 9.17) is 9.15 Å². The van der Waals surface area contributed by atoms with Crippen LogP contribution in [0.4, 0.5) is 0 Å². The smallest absolute Gasteiger partial charge is 0.257 e. The highest BCUT2D eigenvalue weighted by Gasteiger charge is 2.21. The van der Waals surface area contributed by atoms with E-state index in [1.165, 1.54) is 0 Å². The van der Waals surface area contributed by atoms with Gasteiger partial charge in [-0.3, -0.25) is 4.79 Å². The van der Waals surface area contributed by atoms with E-state index in [9.17, 15) is 4.79 Å². The molecule has 0 radical (unpaired) electrons. The van der Waals surface area contributed by atoms with Gasteiger partial charge in [0.2, 0.25) is 0 Å². The Morgan fingerprint density at radius 2 is 1.82 bits per heavy atom. The van der Waals surface area contributed by atoms with Crippen LogP contribution in [0.25, 0.3) is 0 Å². The monoisotopic (exact) mass is 365 g/mol. The third-order valence-electron chi connectivity index (χ3n) is 3.63. The average Bonchev–Trinajstić information content (AvgIpc) is 2.73. The van der Waals surface area contributed by atoms with Gasteiger partial charge in [-0.15, -0.1) is 0 Å². The van der Waals surface area contributed by atoms with Crippen LogP contribution in [-0.2, 0) is 0 Å². The van der Waals surface area contributed by atoms with Crippen LogP contribution in [0.15, 0.2) is 33.2 Å². The maximum Gasteiger partial charge on any atom is 0.257 e. The van der Waals surface area contributed by atoms with Gasteiger partial charge in [-0.25, -0.2) is 0 Å².